The zero-order valence-corrected chi connectivity index (χ0v) is 32.6. The van der Waals surface area contributed by atoms with Gasteiger partial charge in [-0.1, -0.05) is 26.8 Å². The summed E-state index contributed by atoms with van der Waals surface area (Å²) in [6, 6.07) is 7.36. The summed E-state index contributed by atoms with van der Waals surface area (Å²) in [6.45, 7) is 9.06. The van der Waals surface area contributed by atoms with Gasteiger partial charge in [0.15, 0.2) is 11.5 Å². The lowest BCUT2D eigenvalue weighted by atomic mass is 10.0. The van der Waals surface area contributed by atoms with Crippen molar-refractivity contribution in [1.82, 2.24) is 35.9 Å². The maximum Gasteiger partial charge on any atom is 0.257 e. The maximum atomic E-state index is 13.8. The number of rotatable bonds is 7. The molecule has 1 aliphatic heterocycles. The van der Waals surface area contributed by atoms with Gasteiger partial charge in [0, 0.05) is 31.4 Å². The van der Waals surface area contributed by atoms with Crippen molar-refractivity contribution in [3.8, 4) is 23.0 Å². The molecule has 1 aliphatic rings. The number of aromatic nitrogens is 2. The topological polar surface area (TPSA) is 202 Å². The number of nitrogens with zero attached hydrogens (tertiary/aromatic N) is 3. The Labute approximate surface area is 321 Å². The number of amides is 5. The molecule has 1 aromatic heterocycles. The molecular weight excluding hydrogens is 710 g/mol. The molecule has 0 spiro atoms. The zero-order valence-electron chi connectivity index (χ0n) is 32.6. The zero-order chi connectivity index (χ0) is 40.2. The van der Waals surface area contributed by atoms with Crippen molar-refractivity contribution in [3.63, 3.8) is 0 Å². The van der Waals surface area contributed by atoms with Crippen molar-refractivity contribution >= 4 is 29.5 Å². The fourth-order valence-corrected chi connectivity index (χ4v) is 6.11. The van der Waals surface area contributed by atoms with Crippen LogP contribution in [0.15, 0.2) is 42.6 Å². The summed E-state index contributed by atoms with van der Waals surface area (Å²) >= 11 is 0. The van der Waals surface area contributed by atoms with Gasteiger partial charge in [-0.15, -0.1) is 0 Å². The van der Waals surface area contributed by atoms with E-state index in [1.54, 1.807) is 68.0 Å². The van der Waals surface area contributed by atoms with Crippen LogP contribution >= 0.6 is 0 Å². The van der Waals surface area contributed by atoms with Gasteiger partial charge in [-0.3, -0.25) is 28.7 Å². The van der Waals surface area contributed by atoms with Crippen molar-refractivity contribution in [1.29, 1.82) is 0 Å². The summed E-state index contributed by atoms with van der Waals surface area (Å²) in [5.41, 5.74) is 1.62. The van der Waals surface area contributed by atoms with Crippen molar-refractivity contribution in [2.24, 2.45) is 5.92 Å². The third-order valence-corrected chi connectivity index (χ3v) is 9.11. The number of nitrogens with one attached hydrogen (secondary N) is 4. The van der Waals surface area contributed by atoms with E-state index in [1.807, 2.05) is 6.92 Å². The van der Waals surface area contributed by atoms with Gasteiger partial charge in [-0.25, -0.2) is 0 Å². The van der Waals surface area contributed by atoms with Crippen molar-refractivity contribution in [3.05, 3.63) is 65.0 Å². The summed E-state index contributed by atoms with van der Waals surface area (Å²) in [5.74, 6) is -1.87. The number of benzene rings is 2. The Balaban J connectivity index is 1.69. The molecule has 3 atom stereocenters. The van der Waals surface area contributed by atoms with Crippen LogP contribution in [0.4, 0.5) is 0 Å². The molecule has 5 amide bonds. The van der Waals surface area contributed by atoms with E-state index in [1.165, 1.54) is 26.0 Å². The summed E-state index contributed by atoms with van der Waals surface area (Å²) in [6.07, 6.45) is 1.99. The van der Waals surface area contributed by atoms with Crippen LogP contribution in [-0.4, -0.2) is 101 Å². The second-order valence-corrected chi connectivity index (χ2v) is 13.7. The molecule has 0 saturated heterocycles. The highest BCUT2D eigenvalue weighted by atomic mass is 16.5. The van der Waals surface area contributed by atoms with Crippen LogP contribution in [-0.2, 0) is 27.5 Å². The van der Waals surface area contributed by atoms with Gasteiger partial charge in [0.05, 0.1) is 50.2 Å². The highest BCUT2D eigenvalue weighted by molar-refractivity contribution is 5.98. The molecule has 0 radical (unpaired) electrons. The molecule has 298 valence electrons. The van der Waals surface area contributed by atoms with Crippen LogP contribution in [0.1, 0.15) is 78.9 Å². The Morgan fingerprint density at radius 2 is 1.71 bits per heavy atom. The first-order valence-corrected chi connectivity index (χ1v) is 18.5. The fraction of sp³-hybridized carbons (Fsp3) is 0.487. The third-order valence-electron chi connectivity index (χ3n) is 9.11. The SMILES string of the molecule is CCCn1cc(C(=O)N2CCCCNC(=O)c3ccc(OC)c(c3)Oc3cccc(OC)c3CNC(=O)[C@@H](C(C)C)NC(=O)[C@H]([C@@H](C)O)NC(=O)C2)c(C)n1. The predicted octanol–water partition coefficient (Wildman–Crippen LogP) is 2.70. The lowest BCUT2D eigenvalue weighted by Gasteiger charge is -2.28. The van der Waals surface area contributed by atoms with E-state index in [-0.39, 0.29) is 31.3 Å². The highest BCUT2D eigenvalue weighted by Gasteiger charge is 2.32. The Bertz CT molecular complexity index is 1840. The second kappa shape index (κ2) is 19.6. The summed E-state index contributed by atoms with van der Waals surface area (Å²) < 4.78 is 19.1. The van der Waals surface area contributed by atoms with Crippen LogP contribution in [0.25, 0.3) is 0 Å². The second-order valence-electron chi connectivity index (χ2n) is 13.7. The number of carbonyl (C=O) groups is 5. The van der Waals surface area contributed by atoms with E-state index in [0.717, 1.165) is 6.42 Å². The maximum absolute atomic E-state index is 13.8. The van der Waals surface area contributed by atoms with Gasteiger partial charge in [0.1, 0.15) is 23.6 Å². The molecule has 16 nitrogen and oxygen atoms in total. The first kappa shape index (κ1) is 42.1. The number of aryl methyl sites for hydroxylation is 2. The number of aliphatic hydroxyl groups is 1. The lowest BCUT2D eigenvalue weighted by Crippen LogP contribution is -2.59. The van der Waals surface area contributed by atoms with Crippen LogP contribution in [0.3, 0.4) is 0 Å². The minimum atomic E-state index is -1.44. The fourth-order valence-electron chi connectivity index (χ4n) is 6.11. The van der Waals surface area contributed by atoms with E-state index in [0.29, 0.717) is 59.0 Å². The molecule has 0 saturated carbocycles. The summed E-state index contributed by atoms with van der Waals surface area (Å²) in [5, 5.41) is 26.0. The molecule has 0 aliphatic carbocycles. The normalized spacial score (nSPS) is 18.5. The molecule has 2 heterocycles. The minimum absolute atomic E-state index is 0.0724. The molecule has 0 fully saturated rings. The van der Waals surface area contributed by atoms with Gasteiger partial charge in [-0.05, 0) is 69.4 Å². The number of hydrogen-bond donors (Lipinski definition) is 5. The number of fused-ring (bicyclic) bond motifs is 3. The first-order valence-electron chi connectivity index (χ1n) is 18.5. The first-order chi connectivity index (χ1) is 26.3. The van der Waals surface area contributed by atoms with Gasteiger partial charge in [0.2, 0.25) is 17.7 Å². The Hall–Kier alpha value is -5.64. The number of hydrogen-bond acceptors (Lipinski definition) is 10. The molecule has 55 heavy (non-hydrogen) atoms. The Kier molecular flexibility index (Phi) is 15.0. The average Bonchev–Trinajstić information content (AvgIpc) is 3.52. The lowest BCUT2D eigenvalue weighted by molar-refractivity contribution is -0.135. The highest BCUT2D eigenvalue weighted by Crippen LogP contribution is 2.37. The molecule has 2 bridgehead atoms. The molecule has 5 N–H and O–H groups in total. The molecule has 4 rings (SSSR count). The van der Waals surface area contributed by atoms with Crippen LogP contribution < -0.4 is 35.5 Å². The van der Waals surface area contributed by atoms with E-state index in [9.17, 15) is 29.1 Å². The molecule has 16 heteroatoms. The smallest absolute Gasteiger partial charge is 0.257 e. The Morgan fingerprint density at radius 3 is 2.38 bits per heavy atom. The third kappa shape index (κ3) is 11.0. The van der Waals surface area contributed by atoms with Gasteiger partial charge >= 0.3 is 0 Å². The van der Waals surface area contributed by atoms with E-state index in [2.05, 4.69) is 26.4 Å². The van der Waals surface area contributed by atoms with E-state index >= 15 is 0 Å². The van der Waals surface area contributed by atoms with E-state index in [4.69, 9.17) is 14.2 Å². The average molecular weight is 764 g/mol. The van der Waals surface area contributed by atoms with Crippen molar-refractivity contribution in [2.75, 3.05) is 33.9 Å². The van der Waals surface area contributed by atoms with Gasteiger partial charge in [-0.2, -0.15) is 5.10 Å². The molecular formula is C39H53N7O9. The van der Waals surface area contributed by atoms with Crippen LogP contribution in [0.5, 0.6) is 23.0 Å². The van der Waals surface area contributed by atoms with Crippen LogP contribution in [0, 0.1) is 12.8 Å². The van der Waals surface area contributed by atoms with E-state index < -0.39 is 54.3 Å². The largest absolute Gasteiger partial charge is 0.496 e. The predicted molar refractivity (Wildman–Crippen MR) is 203 cm³/mol. The van der Waals surface area contributed by atoms with Crippen molar-refractivity contribution < 1.29 is 43.3 Å². The number of carbonyl (C=O) groups excluding carboxylic acids is 5. The molecule has 2 aromatic carbocycles. The summed E-state index contributed by atoms with van der Waals surface area (Å²) in [7, 11) is 2.95. The Morgan fingerprint density at radius 1 is 0.964 bits per heavy atom. The minimum Gasteiger partial charge on any atom is -0.496 e. The summed E-state index contributed by atoms with van der Waals surface area (Å²) in [4.78, 5) is 69.3. The quantitative estimate of drug-likeness (QED) is 0.238. The number of aliphatic hydroxyl groups excluding tert-OH is 1. The van der Waals surface area contributed by atoms with Gasteiger partial charge in [0.25, 0.3) is 11.8 Å². The number of methoxy groups -OCH3 is 2. The molecule has 0 unspecified atom stereocenters. The monoisotopic (exact) mass is 763 g/mol. The standard InChI is InChI=1S/C39H53N7O9/c1-8-17-46-21-28(24(4)44-46)39(52)45-18-10-9-16-40-36(49)26-14-15-31(54-7)32(19-26)55-30-13-11-12-29(53-6)27(30)20-41-37(50)34(23(2)3)43-38(51)35(25(5)47)42-33(48)22-45/h11-15,19,21,23,25,34-35,47H,8-10,16-18,20,22H2,1-7H3,(H,40,49)(H,41,50)(H,42,48)(H,43,51)/t25-,34-,35+/m1/s1. The van der Waals surface area contributed by atoms with Crippen LogP contribution in [0.2, 0.25) is 0 Å². The van der Waals surface area contributed by atoms with Gasteiger partial charge < -0.3 is 45.5 Å². The van der Waals surface area contributed by atoms with Crippen molar-refractivity contribution in [2.45, 2.75) is 85.2 Å². The molecule has 3 aromatic rings. The number of ether oxygens (including phenoxy) is 3.